The van der Waals surface area contributed by atoms with E-state index < -0.39 is 30.6 Å². The van der Waals surface area contributed by atoms with Gasteiger partial charge in [-0.2, -0.15) is 0 Å². The molecule has 0 bridgehead atoms. The molecule has 0 saturated carbocycles. The number of aryl methyl sites for hydroxylation is 3. The number of amides is 3. The molecule has 0 fully saturated rings. The van der Waals surface area contributed by atoms with Gasteiger partial charge in [-0.25, -0.2) is 4.79 Å². The minimum atomic E-state index is -0.777. The van der Waals surface area contributed by atoms with Gasteiger partial charge in [0.25, 0.3) is 5.91 Å². The molecule has 0 radical (unpaired) electrons. The molecule has 29 heavy (non-hydrogen) atoms. The van der Waals surface area contributed by atoms with Crippen LogP contribution in [0, 0.1) is 20.8 Å². The molecule has 0 unspecified atom stereocenters. The summed E-state index contributed by atoms with van der Waals surface area (Å²) in [5.41, 5.74) is 9.48. The predicted octanol–water partition coefficient (Wildman–Crippen LogP) is 3.55. The van der Waals surface area contributed by atoms with Crippen LogP contribution in [0.15, 0.2) is 36.4 Å². The number of nitrogens with one attached hydrogen (secondary N) is 2. The van der Waals surface area contributed by atoms with Crippen LogP contribution >= 0.6 is 11.6 Å². The molecule has 2 aromatic rings. The quantitative estimate of drug-likeness (QED) is 0.598. The van der Waals surface area contributed by atoms with Crippen molar-refractivity contribution in [1.82, 2.24) is 5.32 Å². The first kappa shape index (κ1) is 22.2. The molecule has 8 heteroatoms. The van der Waals surface area contributed by atoms with Crippen molar-refractivity contribution in [3.05, 3.63) is 63.7 Å². The van der Waals surface area contributed by atoms with Crippen molar-refractivity contribution in [2.24, 2.45) is 5.73 Å². The second-order valence-electron chi connectivity index (χ2n) is 6.80. The lowest BCUT2D eigenvalue weighted by Crippen LogP contribution is -2.35. The Bertz CT molecular complexity index is 890. The van der Waals surface area contributed by atoms with E-state index in [0.717, 1.165) is 16.7 Å². The van der Waals surface area contributed by atoms with Gasteiger partial charge in [0.2, 0.25) is 0 Å². The van der Waals surface area contributed by atoms with E-state index in [1.807, 2.05) is 32.9 Å². The average molecular weight is 418 g/mol. The summed E-state index contributed by atoms with van der Waals surface area (Å²) < 4.78 is 5.07. The van der Waals surface area contributed by atoms with Gasteiger partial charge in [0.1, 0.15) is 0 Å². The summed E-state index contributed by atoms with van der Waals surface area (Å²) in [4.78, 5) is 35.6. The second-order valence-corrected chi connectivity index (χ2v) is 7.24. The molecule has 0 aliphatic carbocycles. The molecular formula is C21H24ClN3O4. The van der Waals surface area contributed by atoms with Crippen LogP contribution in [0.4, 0.5) is 10.5 Å². The Kier molecular flexibility index (Phi) is 7.61. The largest absolute Gasteiger partial charge is 0.455 e. The lowest BCUT2D eigenvalue weighted by atomic mass is 10.0. The van der Waals surface area contributed by atoms with E-state index in [4.69, 9.17) is 22.1 Å². The van der Waals surface area contributed by atoms with Gasteiger partial charge >= 0.3 is 12.0 Å². The number of hydrogen-bond donors (Lipinski definition) is 3. The smallest absolute Gasteiger partial charge is 0.312 e. The summed E-state index contributed by atoms with van der Waals surface area (Å²) in [5.74, 6) is -1.09. The zero-order valence-corrected chi connectivity index (χ0v) is 17.3. The average Bonchev–Trinajstić information content (AvgIpc) is 2.62. The standard InChI is InChI=1S/C21H24ClN3O4/c1-12-8-13(2)20(14(3)9-12)25-18(26)11-29-19(27)10-17(24-21(23)28)15-4-6-16(22)7-5-15/h4-9,17H,10-11H2,1-3H3,(H,25,26)(H3,23,24,28)/t17-/m0/s1. The molecule has 0 aliphatic heterocycles. The first-order chi connectivity index (χ1) is 13.7. The predicted molar refractivity (Wildman–Crippen MR) is 112 cm³/mol. The number of halogens is 1. The molecule has 2 aromatic carbocycles. The fraction of sp³-hybridized carbons (Fsp3) is 0.286. The van der Waals surface area contributed by atoms with Crippen LogP contribution < -0.4 is 16.4 Å². The molecule has 0 aromatic heterocycles. The lowest BCUT2D eigenvalue weighted by molar-refractivity contribution is -0.147. The van der Waals surface area contributed by atoms with Gasteiger partial charge in [-0.3, -0.25) is 9.59 Å². The Labute approximate surface area is 174 Å². The molecule has 1 atom stereocenters. The minimum Gasteiger partial charge on any atom is -0.455 e. The summed E-state index contributed by atoms with van der Waals surface area (Å²) in [5, 5.41) is 5.77. The topological polar surface area (TPSA) is 111 Å². The van der Waals surface area contributed by atoms with Crippen LogP contribution in [-0.2, 0) is 14.3 Å². The highest BCUT2D eigenvalue weighted by molar-refractivity contribution is 6.30. The van der Waals surface area contributed by atoms with Crippen LogP contribution in [0.3, 0.4) is 0 Å². The van der Waals surface area contributed by atoms with Crippen molar-refractivity contribution in [1.29, 1.82) is 0 Å². The van der Waals surface area contributed by atoms with Crippen LogP contribution in [-0.4, -0.2) is 24.5 Å². The first-order valence-corrected chi connectivity index (χ1v) is 9.38. The molecule has 4 N–H and O–H groups in total. The summed E-state index contributed by atoms with van der Waals surface area (Å²) >= 11 is 5.86. The van der Waals surface area contributed by atoms with Gasteiger partial charge in [0.05, 0.1) is 12.5 Å². The number of hydrogen-bond acceptors (Lipinski definition) is 4. The van der Waals surface area contributed by atoms with Crippen molar-refractivity contribution in [2.45, 2.75) is 33.2 Å². The number of ether oxygens (including phenoxy) is 1. The maximum atomic E-state index is 12.2. The van der Waals surface area contributed by atoms with E-state index in [1.54, 1.807) is 24.3 Å². The first-order valence-electron chi connectivity index (χ1n) is 9.00. The number of nitrogens with two attached hydrogens (primary N) is 1. The molecule has 0 aliphatic rings. The number of anilines is 1. The van der Waals surface area contributed by atoms with Gasteiger partial charge in [-0.15, -0.1) is 0 Å². The molecular weight excluding hydrogens is 394 g/mol. The summed E-state index contributed by atoms with van der Waals surface area (Å²) in [6.45, 7) is 5.34. The summed E-state index contributed by atoms with van der Waals surface area (Å²) in [7, 11) is 0. The van der Waals surface area contributed by atoms with Crippen LogP contribution in [0.5, 0.6) is 0 Å². The number of rotatable bonds is 7. The number of esters is 1. The molecule has 0 saturated heterocycles. The molecule has 7 nitrogen and oxygen atoms in total. The highest BCUT2D eigenvalue weighted by atomic mass is 35.5. The van der Waals surface area contributed by atoms with E-state index >= 15 is 0 Å². The normalized spacial score (nSPS) is 11.4. The number of benzene rings is 2. The fourth-order valence-electron chi connectivity index (χ4n) is 3.04. The maximum Gasteiger partial charge on any atom is 0.312 e. The van der Waals surface area contributed by atoms with Gasteiger partial charge in [-0.1, -0.05) is 41.4 Å². The Morgan fingerprint density at radius 1 is 1.07 bits per heavy atom. The lowest BCUT2D eigenvalue weighted by Gasteiger charge is -2.17. The molecule has 0 heterocycles. The van der Waals surface area contributed by atoms with Gasteiger partial charge in [0.15, 0.2) is 6.61 Å². The zero-order valence-electron chi connectivity index (χ0n) is 16.5. The monoisotopic (exact) mass is 417 g/mol. The van der Waals surface area contributed by atoms with E-state index in [0.29, 0.717) is 16.3 Å². The number of carbonyl (C=O) groups excluding carboxylic acids is 3. The van der Waals surface area contributed by atoms with Gasteiger partial charge in [-0.05, 0) is 49.6 Å². The van der Waals surface area contributed by atoms with Crippen LogP contribution in [0.2, 0.25) is 5.02 Å². The van der Waals surface area contributed by atoms with E-state index in [-0.39, 0.29) is 6.42 Å². The third kappa shape index (κ3) is 6.80. The van der Waals surface area contributed by atoms with Crippen molar-refractivity contribution in [3.8, 4) is 0 Å². The number of primary amides is 1. The Balaban J connectivity index is 1.95. The summed E-state index contributed by atoms with van der Waals surface area (Å²) in [6.07, 6.45) is -0.180. The number of carbonyl (C=O) groups is 3. The van der Waals surface area contributed by atoms with E-state index in [2.05, 4.69) is 10.6 Å². The minimum absolute atomic E-state index is 0.180. The highest BCUT2D eigenvalue weighted by Gasteiger charge is 2.19. The second kappa shape index (κ2) is 9.93. The Morgan fingerprint density at radius 3 is 2.21 bits per heavy atom. The third-order valence-corrected chi connectivity index (χ3v) is 4.52. The van der Waals surface area contributed by atoms with Crippen molar-refractivity contribution >= 4 is 35.2 Å². The van der Waals surface area contributed by atoms with Crippen molar-refractivity contribution < 1.29 is 19.1 Å². The van der Waals surface area contributed by atoms with Crippen LogP contribution in [0.25, 0.3) is 0 Å². The van der Waals surface area contributed by atoms with Crippen molar-refractivity contribution in [2.75, 3.05) is 11.9 Å². The fourth-order valence-corrected chi connectivity index (χ4v) is 3.17. The summed E-state index contributed by atoms with van der Waals surface area (Å²) in [6, 6.07) is 9.07. The third-order valence-electron chi connectivity index (χ3n) is 4.27. The zero-order chi connectivity index (χ0) is 21.6. The van der Waals surface area contributed by atoms with E-state index in [9.17, 15) is 14.4 Å². The molecule has 2 rings (SSSR count). The molecule has 0 spiro atoms. The van der Waals surface area contributed by atoms with Gasteiger partial charge in [0, 0.05) is 10.7 Å². The SMILES string of the molecule is Cc1cc(C)c(NC(=O)COC(=O)C[C@H](NC(N)=O)c2ccc(Cl)cc2)c(C)c1. The molecule has 154 valence electrons. The Hall–Kier alpha value is -3.06. The highest BCUT2D eigenvalue weighted by Crippen LogP contribution is 2.22. The van der Waals surface area contributed by atoms with Crippen LogP contribution in [0.1, 0.15) is 34.7 Å². The Morgan fingerprint density at radius 2 is 1.66 bits per heavy atom. The number of urea groups is 1. The molecule has 3 amide bonds. The maximum absolute atomic E-state index is 12.2. The van der Waals surface area contributed by atoms with Gasteiger partial charge < -0.3 is 21.1 Å². The van der Waals surface area contributed by atoms with E-state index in [1.165, 1.54) is 0 Å². The van der Waals surface area contributed by atoms with Crippen molar-refractivity contribution in [3.63, 3.8) is 0 Å².